The Hall–Kier alpha value is -0.240. The molecule has 4 nitrogen and oxygen atoms in total. The molecule has 0 saturated heterocycles. The van der Waals surface area contributed by atoms with Crippen LogP contribution in [-0.2, 0) is 10.0 Å². The van der Waals surface area contributed by atoms with Gasteiger partial charge in [0.2, 0.25) is 10.0 Å². The van der Waals surface area contributed by atoms with Gasteiger partial charge >= 0.3 is 0 Å². The molecule has 0 radical (unpaired) electrons. The van der Waals surface area contributed by atoms with E-state index in [1.165, 1.54) is 0 Å². The Morgan fingerprint density at radius 3 is 2.68 bits per heavy atom. The summed E-state index contributed by atoms with van der Waals surface area (Å²) >= 11 is 4.97. The molecular formula is C12H19BrN2O2S2. The Morgan fingerprint density at radius 1 is 1.47 bits per heavy atom. The van der Waals surface area contributed by atoms with E-state index in [0.717, 1.165) is 11.5 Å². The summed E-state index contributed by atoms with van der Waals surface area (Å²) in [6, 6.07) is 3.16. The number of halogens is 1. The molecule has 0 bridgehead atoms. The third-order valence-electron chi connectivity index (χ3n) is 2.58. The summed E-state index contributed by atoms with van der Waals surface area (Å²) in [5.41, 5.74) is 6.84. The van der Waals surface area contributed by atoms with Crippen molar-refractivity contribution in [3.63, 3.8) is 0 Å². The fourth-order valence-corrected chi connectivity index (χ4v) is 4.56. The van der Waals surface area contributed by atoms with E-state index in [9.17, 15) is 8.42 Å². The number of nitrogens with two attached hydrogens (primary N) is 1. The SMILES string of the molecule is CCSCC(C)NS(=O)(=O)c1cc(Br)cc(N)c1C. The summed E-state index contributed by atoms with van der Waals surface area (Å²) in [5.74, 6) is 1.72. The third kappa shape index (κ3) is 4.66. The quantitative estimate of drug-likeness (QED) is 0.759. The highest BCUT2D eigenvalue weighted by molar-refractivity contribution is 9.10. The van der Waals surface area contributed by atoms with Crippen molar-refractivity contribution in [3.05, 3.63) is 22.2 Å². The molecule has 19 heavy (non-hydrogen) atoms. The van der Waals surface area contributed by atoms with Crippen molar-refractivity contribution in [2.45, 2.75) is 31.7 Å². The predicted octanol–water partition coefficient (Wildman–Crippen LogP) is 2.76. The number of anilines is 1. The van der Waals surface area contributed by atoms with Gasteiger partial charge < -0.3 is 5.73 Å². The van der Waals surface area contributed by atoms with Gasteiger partial charge in [0, 0.05) is 22.0 Å². The van der Waals surface area contributed by atoms with E-state index in [4.69, 9.17) is 5.73 Å². The maximum absolute atomic E-state index is 12.3. The van der Waals surface area contributed by atoms with E-state index in [0.29, 0.717) is 15.7 Å². The fourth-order valence-electron chi connectivity index (χ4n) is 1.61. The zero-order valence-corrected chi connectivity index (χ0v) is 14.5. The van der Waals surface area contributed by atoms with E-state index in [1.807, 2.05) is 13.8 Å². The molecule has 0 aromatic heterocycles. The van der Waals surface area contributed by atoms with Gasteiger partial charge in [-0.3, -0.25) is 0 Å². The third-order valence-corrected chi connectivity index (χ3v) is 5.90. The van der Waals surface area contributed by atoms with Gasteiger partial charge in [0.25, 0.3) is 0 Å². The van der Waals surface area contributed by atoms with Crippen molar-refractivity contribution >= 4 is 43.4 Å². The summed E-state index contributed by atoms with van der Waals surface area (Å²) in [6.45, 7) is 5.61. The summed E-state index contributed by atoms with van der Waals surface area (Å²) in [7, 11) is -3.54. The van der Waals surface area contributed by atoms with Crippen LogP contribution in [0.15, 0.2) is 21.5 Å². The van der Waals surface area contributed by atoms with Crippen LogP contribution in [0.25, 0.3) is 0 Å². The molecule has 1 atom stereocenters. The van der Waals surface area contributed by atoms with Crippen molar-refractivity contribution in [1.29, 1.82) is 0 Å². The lowest BCUT2D eigenvalue weighted by Crippen LogP contribution is -2.34. The van der Waals surface area contributed by atoms with Gasteiger partial charge in [-0.05, 0) is 37.3 Å². The van der Waals surface area contributed by atoms with Crippen LogP contribution in [0, 0.1) is 6.92 Å². The van der Waals surface area contributed by atoms with E-state index in [-0.39, 0.29) is 10.9 Å². The van der Waals surface area contributed by atoms with Crippen molar-refractivity contribution in [3.8, 4) is 0 Å². The standard InChI is InChI=1S/C12H19BrN2O2S2/c1-4-18-7-8(2)15-19(16,17)12-6-10(13)5-11(14)9(12)3/h5-6,8,15H,4,7,14H2,1-3H3. The molecule has 0 aliphatic rings. The van der Waals surface area contributed by atoms with E-state index >= 15 is 0 Å². The van der Waals surface area contributed by atoms with Gasteiger partial charge in [-0.15, -0.1) is 0 Å². The van der Waals surface area contributed by atoms with Crippen LogP contribution >= 0.6 is 27.7 Å². The van der Waals surface area contributed by atoms with Crippen LogP contribution in [-0.4, -0.2) is 26.0 Å². The molecule has 0 heterocycles. The Labute approximate surface area is 127 Å². The minimum atomic E-state index is -3.54. The number of hydrogen-bond acceptors (Lipinski definition) is 4. The van der Waals surface area contributed by atoms with E-state index in [1.54, 1.807) is 30.8 Å². The molecule has 1 aromatic rings. The average molecular weight is 367 g/mol. The minimum Gasteiger partial charge on any atom is -0.398 e. The van der Waals surface area contributed by atoms with E-state index < -0.39 is 10.0 Å². The Balaban J connectivity index is 3.01. The predicted molar refractivity (Wildman–Crippen MR) is 86.1 cm³/mol. The van der Waals surface area contributed by atoms with Crippen LogP contribution in [0.1, 0.15) is 19.4 Å². The van der Waals surface area contributed by atoms with Gasteiger partial charge in [-0.1, -0.05) is 22.9 Å². The maximum Gasteiger partial charge on any atom is 0.241 e. The Kier molecular flexibility index (Phi) is 6.16. The Morgan fingerprint density at radius 2 is 2.11 bits per heavy atom. The van der Waals surface area contributed by atoms with Crippen LogP contribution in [0.3, 0.4) is 0 Å². The molecule has 0 saturated carbocycles. The van der Waals surface area contributed by atoms with Gasteiger partial charge in [0.05, 0.1) is 4.90 Å². The highest BCUT2D eigenvalue weighted by atomic mass is 79.9. The van der Waals surface area contributed by atoms with E-state index in [2.05, 4.69) is 20.7 Å². The number of benzene rings is 1. The van der Waals surface area contributed by atoms with Crippen molar-refractivity contribution in [2.24, 2.45) is 0 Å². The van der Waals surface area contributed by atoms with Crippen molar-refractivity contribution < 1.29 is 8.42 Å². The van der Waals surface area contributed by atoms with Crippen LogP contribution in [0.5, 0.6) is 0 Å². The molecule has 0 spiro atoms. The molecule has 3 N–H and O–H groups in total. The minimum absolute atomic E-state index is 0.116. The molecule has 0 fully saturated rings. The van der Waals surface area contributed by atoms with Gasteiger partial charge in [0.15, 0.2) is 0 Å². The number of nitrogen functional groups attached to an aromatic ring is 1. The van der Waals surface area contributed by atoms with Crippen LogP contribution in [0.2, 0.25) is 0 Å². The summed E-state index contributed by atoms with van der Waals surface area (Å²) in [5, 5.41) is 0. The number of rotatable bonds is 6. The molecule has 108 valence electrons. The largest absolute Gasteiger partial charge is 0.398 e. The molecule has 1 unspecified atom stereocenters. The summed E-state index contributed by atoms with van der Waals surface area (Å²) < 4.78 is 28.0. The lowest BCUT2D eigenvalue weighted by Gasteiger charge is -2.16. The van der Waals surface area contributed by atoms with Gasteiger partial charge in [0.1, 0.15) is 0 Å². The number of hydrogen-bond donors (Lipinski definition) is 2. The molecule has 0 aliphatic carbocycles. The zero-order chi connectivity index (χ0) is 14.6. The summed E-state index contributed by atoms with van der Waals surface area (Å²) in [6.07, 6.45) is 0. The number of thioether (sulfide) groups is 1. The molecule has 0 aliphatic heterocycles. The second-order valence-corrected chi connectivity index (χ2v) is 8.22. The van der Waals surface area contributed by atoms with Gasteiger partial charge in [-0.2, -0.15) is 11.8 Å². The lowest BCUT2D eigenvalue weighted by molar-refractivity contribution is 0.570. The van der Waals surface area contributed by atoms with Crippen molar-refractivity contribution in [2.75, 3.05) is 17.2 Å². The summed E-state index contributed by atoms with van der Waals surface area (Å²) in [4.78, 5) is 0.229. The molecule has 1 aromatic carbocycles. The second-order valence-electron chi connectivity index (χ2n) is 4.30. The monoisotopic (exact) mass is 366 g/mol. The smallest absolute Gasteiger partial charge is 0.241 e. The fraction of sp³-hybridized carbons (Fsp3) is 0.500. The maximum atomic E-state index is 12.3. The first-order chi connectivity index (χ1) is 8.77. The molecule has 0 amide bonds. The lowest BCUT2D eigenvalue weighted by atomic mass is 10.2. The first kappa shape index (κ1) is 16.8. The Bertz CT molecular complexity index is 547. The second kappa shape index (κ2) is 6.97. The normalized spacial score (nSPS) is 13.5. The first-order valence-corrected chi connectivity index (χ1v) is 9.36. The number of sulfonamides is 1. The van der Waals surface area contributed by atoms with Crippen LogP contribution in [0.4, 0.5) is 5.69 Å². The van der Waals surface area contributed by atoms with Crippen LogP contribution < -0.4 is 10.5 Å². The molecule has 7 heteroatoms. The van der Waals surface area contributed by atoms with Gasteiger partial charge in [-0.25, -0.2) is 13.1 Å². The highest BCUT2D eigenvalue weighted by Crippen LogP contribution is 2.26. The van der Waals surface area contributed by atoms with Crippen molar-refractivity contribution in [1.82, 2.24) is 4.72 Å². The average Bonchev–Trinajstić information content (AvgIpc) is 2.30. The topological polar surface area (TPSA) is 72.2 Å². The first-order valence-electron chi connectivity index (χ1n) is 5.93. The number of nitrogens with one attached hydrogen (secondary N) is 1. The molecular weight excluding hydrogens is 348 g/mol. The molecule has 1 rings (SSSR count). The zero-order valence-electron chi connectivity index (χ0n) is 11.2. The highest BCUT2D eigenvalue weighted by Gasteiger charge is 2.21.